The number of hydrogen-bond acceptors (Lipinski definition) is 3. The molecular weight excluding hydrogens is 216 g/mol. The van der Waals surface area contributed by atoms with Gasteiger partial charge in [-0.05, 0) is 44.5 Å². The summed E-state index contributed by atoms with van der Waals surface area (Å²) in [5.74, 6) is 0.436. The Bertz CT molecular complexity index is 366. The first-order valence-electron chi connectivity index (χ1n) is 5.68. The Morgan fingerprint density at radius 1 is 1.35 bits per heavy atom. The van der Waals surface area contributed by atoms with E-state index in [0.717, 1.165) is 5.75 Å². The summed E-state index contributed by atoms with van der Waals surface area (Å²) >= 11 is 0. The van der Waals surface area contributed by atoms with Gasteiger partial charge in [0.1, 0.15) is 5.75 Å². The molecule has 0 N–H and O–H groups in total. The number of carbonyl (C=O) groups is 1. The maximum atomic E-state index is 11.6. The van der Waals surface area contributed by atoms with Crippen LogP contribution >= 0.6 is 0 Å². The highest BCUT2D eigenvalue weighted by Gasteiger charge is 2.06. The molecule has 0 saturated carbocycles. The molecule has 17 heavy (non-hydrogen) atoms. The van der Waals surface area contributed by atoms with Gasteiger partial charge in [0.2, 0.25) is 0 Å². The third kappa shape index (κ3) is 4.72. The first kappa shape index (κ1) is 13.3. The van der Waals surface area contributed by atoms with Gasteiger partial charge in [-0.2, -0.15) is 0 Å². The van der Waals surface area contributed by atoms with Crippen LogP contribution < -0.4 is 4.74 Å². The zero-order valence-electron chi connectivity index (χ0n) is 10.3. The topological polar surface area (TPSA) is 35.5 Å². The summed E-state index contributed by atoms with van der Waals surface area (Å²) in [7, 11) is 0. The van der Waals surface area contributed by atoms with Crippen molar-refractivity contribution in [1.82, 2.24) is 0 Å². The van der Waals surface area contributed by atoms with E-state index in [9.17, 15) is 4.79 Å². The molecule has 0 aliphatic rings. The average Bonchev–Trinajstić information content (AvgIpc) is 2.29. The predicted octanol–water partition coefficient (Wildman–Crippen LogP) is 3.21. The lowest BCUT2D eigenvalue weighted by molar-refractivity contribution is 0.0512. The van der Waals surface area contributed by atoms with Crippen LogP contribution in [0.4, 0.5) is 0 Å². The molecule has 0 atom stereocenters. The molecule has 1 aromatic carbocycles. The quantitative estimate of drug-likeness (QED) is 0.431. The van der Waals surface area contributed by atoms with E-state index in [2.05, 4.69) is 6.58 Å². The van der Waals surface area contributed by atoms with Gasteiger partial charge in [0, 0.05) is 0 Å². The second kappa shape index (κ2) is 6.74. The van der Waals surface area contributed by atoms with E-state index in [4.69, 9.17) is 9.47 Å². The smallest absolute Gasteiger partial charge is 0.338 e. The van der Waals surface area contributed by atoms with Gasteiger partial charge in [-0.3, -0.25) is 0 Å². The van der Waals surface area contributed by atoms with Gasteiger partial charge in [-0.1, -0.05) is 6.08 Å². The summed E-state index contributed by atoms with van der Waals surface area (Å²) in [4.78, 5) is 11.6. The highest BCUT2D eigenvalue weighted by Crippen LogP contribution is 2.14. The van der Waals surface area contributed by atoms with Gasteiger partial charge >= 0.3 is 5.97 Å². The van der Waals surface area contributed by atoms with E-state index < -0.39 is 0 Å². The molecule has 1 rings (SSSR count). The SMILES string of the molecule is C=CCCOC(=O)c1ccc(OC(C)C)cc1. The van der Waals surface area contributed by atoms with E-state index in [0.29, 0.717) is 18.6 Å². The molecule has 0 bridgehead atoms. The first-order valence-corrected chi connectivity index (χ1v) is 5.68. The summed E-state index contributed by atoms with van der Waals surface area (Å²) in [6.45, 7) is 7.84. The van der Waals surface area contributed by atoms with Crippen molar-refractivity contribution in [2.75, 3.05) is 6.61 Å². The number of rotatable bonds is 6. The van der Waals surface area contributed by atoms with Crippen molar-refractivity contribution in [3.63, 3.8) is 0 Å². The van der Waals surface area contributed by atoms with Crippen LogP contribution in [0.25, 0.3) is 0 Å². The van der Waals surface area contributed by atoms with Crippen LogP contribution in [0.1, 0.15) is 30.6 Å². The summed E-state index contributed by atoms with van der Waals surface area (Å²) in [6.07, 6.45) is 2.51. The van der Waals surface area contributed by atoms with Crippen molar-refractivity contribution in [2.45, 2.75) is 26.4 Å². The van der Waals surface area contributed by atoms with Crippen molar-refractivity contribution in [3.05, 3.63) is 42.5 Å². The van der Waals surface area contributed by atoms with Crippen molar-refractivity contribution in [1.29, 1.82) is 0 Å². The number of hydrogen-bond donors (Lipinski definition) is 0. The highest BCUT2D eigenvalue weighted by molar-refractivity contribution is 5.89. The third-order valence-electron chi connectivity index (χ3n) is 2.02. The van der Waals surface area contributed by atoms with Crippen LogP contribution in [0.3, 0.4) is 0 Å². The van der Waals surface area contributed by atoms with Crippen molar-refractivity contribution in [3.8, 4) is 5.75 Å². The van der Waals surface area contributed by atoms with Gasteiger partial charge < -0.3 is 9.47 Å². The number of carbonyl (C=O) groups excluding carboxylic acids is 1. The molecule has 0 aliphatic heterocycles. The van der Waals surface area contributed by atoms with Gasteiger partial charge in [-0.15, -0.1) is 6.58 Å². The normalized spacial score (nSPS) is 10.1. The number of esters is 1. The monoisotopic (exact) mass is 234 g/mol. The fraction of sp³-hybridized carbons (Fsp3) is 0.357. The highest BCUT2D eigenvalue weighted by atomic mass is 16.5. The summed E-state index contributed by atoms with van der Waals surface area (Å²) in [5, 5.41) is 0. The van der Waals surface area contributed by atoms with Crippen molar-refractivity contribution >= 4 is 5.97 Å². The first-order chi connectivity index (χ1) is 8.13. The molecule has 0 amide bonds. The second-order valence-corrected chi connectivity index (χ2v) is 3.90. The third-order valence-corrected chi connectivity index (χ3v) is 2.02. The molecule has 0 saturated heterocycles. The lowest BCUT2D eigenvalue weighted by Gasteiger charge is -2.09. The molecule has 0 unspecified atom stereocenters. The Labute approximate surface area is 102 Å². The number of ether oxygens (including phenoxy) is 2. The fourth-order valence-electron chi connectivity index (χ4n) is 1.26. The van der Waals surface area contributed by atoms with E-state index in [-0.39, 0.29) is 12.1 Å². The zero-order valence-corrected chi connectivity index (χ0v) is 10.3. The molecule has 1 aromatic rings. The minimum atomic E-state index is -0.317. The molecule has 0 aliphatic carbocycles. The Hall–Kier alpha value is -1.77. The number of benzene rings is 1. The summed E-state index contributed by atoms with van der Waals surface area (Å²) in [5.41, 5.74) is 0.533. The van der Waals surface area contributed by atoms with Gasteiger partial charge in [0.15, 0.2) is 0 Å². The van der Waals surface area contributed by atoms with Gasteiger partial charge in [0.05, 0.1) is 18.3 Å². The van der Waals surface area contributed by atoms with Crippen LogP contribution in [0.15, 0.2) is 36.9 Å². The molecule has 0 fully saturated rings. The Kier molecular flexibility index (Phi) is 5.27. The molecule has 0 spiro atoms. The molecule has 92 valence electrons. The zero-order chi connectivity index (χ0) is 12.7. The Balaban J connectivity index is 2.54. The largest absolute Gasteiger partial charge is 0.491 e. The lowest BCUT2D eigenvalue weighted by Crippen LogP contribution is -2.07. The van der Waals surface area contributed by atoms with Crippen LogP contribution in [0.2, 0.25) is 0 Å². The van der Waals surface area contributed by atoms with Crippen LogP contribution in [-0.4, -0.2) is 18.7 Å². The van der Waals surface area contributed by atoms with E-state index in [1.54, 1.807) is 30.3 Å². The fourth-order valence-corrected chi connectivity index (χ4v) is 1.26. The van der Waals surface area contributed by atoms with Crippen LogP contribution in [0.5, 0.6) is 5.75 Å². The average molecular weight is 234 g/mol. The standard InChI is InChI=1S/C14H18O3/c1-4-5-10-16-14(15)12-6-8-13(9-7-12)17-11(2)3/h4,6-9,11H,1,5,10H2,2-3H3. The van der Waals surface area contributed by atoms with Crippen LogP contribution in [0, 0.1) is 0 Å². The molecule has 3 heteroatoms. The summed E-state index contributed by atoms with van der Waals surface area (Å²) in [6, 6.07) is 6.94. The maximum absolute atomic E-state index is 11.6. The van der Waals surface area contributed by atoms with Crippen LogP contribution in [-0.2, 0) is 4.74 Å². The Morgan fingerprint density at radius 3 is 2.53 bits per heavy atom. The minimum Gasteiger partial charge on any atom is -0.491 e. The van der Waals surface area contributed by atoms with Crippen molar-refractivity contribution in [2.24, 2.45) is 0 Å². The van der Waals surface area contributed by atoms with E-state index in [1.165, 1.54) is 0 Å². The molecular formula is C14H18O3. The van der Waals surface area contributed by atoms with E-state index in [1.807, 2.05) is 13.8 Å². The summed E-state index contributed by atoms with van der Waals surface area (Å²) < 4.78 is 10.5. The predicted molar refractivity (Wildman–Crippen MR) is 67.3 cm³/mol. The second-order valence-electron chi connectivity index (χ2n) is 3.90. The van der Waals surface area contributed by atoms with Gasteiger partial charge in [0.25, 0.3) is 0 Å². The minimum absolute atomic E-state index is 0.125. The Morgan fingerprint density at radius 2 is 2.00 bits per heavy atom. The lowest BCUT2D eigenvalue weighted by atomic mass is 10.2. The molecule has 3 nitrogen and oxygen atoms in total. The van der Waals surface area contributed by atoms with Gasteiger partial charge in [-0.25, -0.2) is 4.79 Å². The molecule has 0 heterocycles. The van der Waals surface area contributed by atoms with E-state index >= 15 is 0 Å². The van der Waals surface area contributed by atoms with Crippen molar-refractivity contribution < 1.29 is 14.3 Å². The molecule has 0 aromatic heterocycles. The molecule has 0 radical (unpaired) electrons. The maximum Gasteiger partial charge on any atom is 0.338 e.